The van der Waals surface area contributed by atoms with Gasteiger partial charge >= 0.3 is 0 Å². The Kier molecular flexibility index (Phi) is 2.65. The van der Waals surface area contributed by atoms with E-state index in [0.717, 1.165) is 5.69 Å². The van der Waals surface area contributed by atoms with Crippen LogP contribution >= 0.6 is 11.3 Å². The van der Waals surface area contributed by atoms with E-state index in [1.807, 2.05) is 35.3 Å². The van der Waals surface area contributed by atoms with Crippen molar-refractivity contribution in [2.75, 3.05) is 0 Å². The molecule has 0 bridgehead atoms. The molecule has 0 aromatic carbocycles. The fraction of sp³-hybridized carbons (Fsp3) is 0.300. The normalized spacial score (nSPS) is 13.0. The van der Waals surface area contributed by atoms with Crippen molar-refractivity contribution in [1.82, 2.24) is 9.55 Å². The molecule has 2 rings (SSSR count). The molecule has 4 heteroatoms. The molecule has 2 aromatic heterocycles. The van der Waals surface area contributed by atoms with E-state index in [2.05, 4.69) is 4.98 Å². The van der Waals surface area contributed by atoms with Gasteiger partial charge in [0.05, 0.1) is 12.0 Å². The standard InChI is InChI=1S/C10H12N2OS/c1-12-6-9(11-7-12)10(13)5-8-3-2-4-14-8/h2-4,6-7,10,13H,5H2,1H3. The van der Waals surface area contributed by atoms with Gasteiger partial charge in [0.15, 0.2) is 0 Å². The number of rotatable bonds is 3. The third kappa shape index (κ3) is 2.02. The number of thiophene rings is 1. The first kappa shape index (κ1) is 9.43. The Hall–Kier alpha value is -1.13. The molecule has 0 radical (unpaired) electrons. The predicted molar refractivity (Wildman–Crippen MR) is 56.2 cm³/mol. The van der Waals surface area contributed by atoms with Crippen LogP contribution in [0, 0.1) is 0 Å². The van der Waals surface area contributed by atoms with Crippen molar-refractivity contribution in [3.05, 3.63) is 40.6 Å². The van der Waals surface area contributed by atoms with E-state index in [4.69, 9.17) is 0 Å². The van der Waals surface area contributed by atoms with Gasteiger partial charge in [0.1, 0.15) is 6.10 Å². The molecule has 1 unspecified atom stereocenters. The average Bonchev–Trinajstić information content (AvgIpc) is 2.75. The molecule has 1 N–H and O–H groups in total. The lowest BCUT2D eigenvalue weighted by Crippen LogP contribution is -2.00. The summed E-state index contributed by atoms with van der Waals surface area (Å²) < 4.78 is 1.84. The summed E-state index contributed by atoms with van der Waals surface area (Å²) in [7, 11) is 1.90. The minimum atomic E-state index is -0.491. The summed E-state index contributed by atoms with van der Waals surface area (Å²) >= 11 is 1.66. The van der Waals surface area contributed by atoms with Gasteiger partial charge in [-0.25, -0.2) is 4.98 Å². The van der Waals surface area contributed by atoms with Crippen LogP contribution in [0.25, 0.3) is 0 Å². The summed E-state index contributed by atoms with van der Waals surface area (Å²) in [4.78, 5) is 5.30. The Morgan fingerprint density at radius 3 is 3.07 bits per heavy atom. The highest BCUT2D eigenvalue weighted by Gasteiger charge is 2.11. The first-order valence-electron chi connectivity index (χ1n) is 4.44. The quantitative estimate of drug-likeness (QED) is 0.834. The van der Waals surface area contributed by atoms with Gasteiger partial charge in [-0.3, -0.25) is 0 Å². The summed E-state index contributed by atoms with van der Waals surface area (Å²) in [5, 5.41) is 11.9. The molecule has 0 saturated carbocycles. The zero-order valence-corrected chi connectivity index (χ0v) is 8.74. The maximum absolute atomic E-state index is 9.84. The third-order valence-corrected chi connectivity index (χ3v) is 2.94. The highest BCUT2D eigenvalue weighted by Crippen LogP contribution is 2.19. The first-order valence-corrected chi connectivity index (χ1v) is 5.32. The second-order valence-electron chi connectivity index (χ2n) is 3.26. The van der Waals surface area contributed by atoms with E-state index >= 15 is 0 Å². The van der Waals surface area contributed by atoms with Crippen molar-refractivity contribution in [2.45, 2.75) is 12.5 Å². The van der Waals surface area contributed by atoms with Gasteiger partial charge < -0.3 is 9.67 Å². The minimum absolute atomic E-state index is 0.491. The zero-order valence-electron chi connectivity index (χ0n) is 7.92. The van der Waals surface area contributed by atoms with Crippen LogP contribution < -0.4 is 0 Å². The maximum Gasteiger partial charge on any atom is 0.102 e. The fourth-order valence-electron chi connectivity index (χ4n) is 1.33. The van der Waals surface area contributed by atoms with Crippen LogP contribution in [0.3, 0.4) is 0 Å². The lowest BCUT2D eigenvalue weighted by molar-refractivity contribution is 0.175. The van der Waals surface area contributed by atoms with E-state index in [1.165, 1.54) is 4.88 Å². The molecule has 74 valence electrons. The fourth-order valence-corrected chi connectivity index (χ4v) is 2.07. The van der Waals surface area contributed by atoms with Gasteiger partial charge in [0.25, 0.3) is 0 Å². The summed E-state index contributed by atoms with van der Waals surface area (Å²) in [6.07, 6.45) is 3.70. The van der Waals surface area contributed by atoms with E-state index in [9.17, 15) is 5.11 Å². The van der Waals surface area contributed by atoms with Crippen LogP contribution in [-0.2, 0) is 13.5 Å². The Bertz CT molecular complexity index is 394. The Labute approximate surface area is 86.7 Å². The highest BCUT2D eigenvalue weighted by atomic mass is 32.1. The van der Waals surface area contributed by atoms with Crippen LogP contribution in [0.15, 0.2) is 30.0 Å². The van der Waals surface area contributed by atoms with Gasteiger partial charge in [0, 0.05) is 24.5 Å². The molecule has 0 amide bonds. The number of hydrogen-bond acceptors (Lipinski definition) is 3. The van der Waals surface area contributed by atoms with Crippen molar-refractivity contribution in [2.24, 2.45) is 7.05 Å². The highest BCUT2D eigenvalue weighted by molar-refractivity contribution is 7.09. The molecular weight excluding hydrogens is 196 g/mol. The Morgan fingerprint density at radius 2 is 2.50 bits per heavy atom. The predicted octanol–water partition coefficient (Wildman–Crippen LogP) is 1.76. The number of aliphatic hydroxyl groups is 1. The summed E-state index contributed by atoms with van der Waals surface area (Å²) in [6, 6.07) is 4.02. The average molecular weight is 208 g/mol. The van der Waals surface area contributed by atoms with E-state index < -0.39 is 6.10 Å². The Morgan fingerprint density at radius 1 is 1.64 bits per heavy atom. The molecule has 0 spiro atoms. The molecule has 0 aliphatic carbocycles. The van der Waals surface area contributed by atoms with E-state index in [1.54, 1.807) is 17.7 Å². The molecule has 2 aromatic rings. The number of nitrogens with zero attached hydrogens (tertiary/aromatic N) is 2. The lowest BCUT2D eigenvalue weighted by Gasteiger charge is -2.04. The number of aromatic nitrogens is 2. The molecule has 0 saturated heterocycles. The lowest BCUT2D eigenvalue weighted by atomic mass is 10.2. The van der Waals surface area contributed by atoms with Crippen molar-refractivity contribution in [3.8, 4) is 0 Å². The van der Waals surface area contributed by atoms with Crippen LogP contribution in [0.4, 0.5) is 0 Å². The van der Waals surface area contributed by atoms with Gasteiger partial charge in [0.2, 0.25) is 0 Å². The molecule has 2 heterocycles. The van der Waals surface area contributed by atoms with Crippen LogP contribution in [0.2, 0.25) is 0 Å². The molecule has 0 aliphatic rings. The number of aliphatic hydroxyl groups excluding tert-OH is 1. The zero-order chi connectivity index (χ0) is 9.97. The topological polar surface area (TPSA) is 38.0 Å². The molecule has 0 aliphatic heterocycles. The number of imidazole rings is 1. The number of hydrogen-bond donors (Lipinski definition) is 1. The summed E-state index contributed by atoms with van der Waals surface area (Å²) in [5.74, 6) is 0. The van der Waals surface area contributed by atoms with Crippen molar-refractivity contribution in [1.29, 1.82) is 0 Å². The van der Waals surface area contributed by atoms with Crippen molar-refractivity contribution < 1.29 is 5.11 Å². The molecule has 0 fully saturated rings. The van der Waals surface area contributed by atoms with Crippen molar-refractivity contribution in [3.63, 3.8) is 0 Å². The minimum Gasteiger partial charge on any atom is -0.386 e. The monoisotopic (exact) mass is 208 g/mol. The van der Waals surface area contributed by atoms with Gasteiger partial charge in [-0.15, -0.1) is 11.3 Å². The van der Waals surface area contributed by atoms with Crippen LogP contribution in [0.5, 0.6) is 0 Å². The number of aryl methyl sites for hydroxylation is 1. The van der Waals surface area contributed by atoms with E-state index in [-0.39, 0.29) is 0 Å². The summed E-state index contributed by atoms with van der Waals surface area (Å²) in [5.41, 5.74) is 0.737. The largest absolute Gasteiger partial charge is 0.386 e. The van der Waals surface area contributed by atoms with Gasteiger partial charge in [-0.1, -0.05) is 6.07 Å². The van der Waals surface area contributed by atoms with Gasteiger partial charge in [-0.2, -0.15) is 0 Å². The first-order chi connectivity index (χ1) is 6.75. The van der Waals surface area contributed by atoms with Crippen LogP contribution in [0.1, 0.15) is 16.7 Å². The van der Waals surface area contributed by atoms with Gasteiger partial charge in [-0.05, 0) is 11.4 Å². The van der Waals surface area contributed by atoms with Crippen LogP contribution in [-0.4, -0.2) is 14.7 Å². The third-order valence-electron chi connectivity index (χ3n) is 2.04. The second kappa shape index (κ2) is 3.94. The Balaban J connectivity index is 2.06. The second-order valence-corrected chi connectivity index (χ2v) is 4.30. The SMILES string of the molecule is Cn1cnc(C(O)Cc2cccs2)c1. The van der Waals surface area contributed by atoms with E-state index in [0.29, 0.717) is 6.42 Å². The van der Waals surface area contributed by atoms with Crippen molar-refractivity contribution >= 4 is 11.3 Å². The molecule has 14 heavy (non-hydrogen) atoms. The maximum atomic E-state index is 9.84. The molecular formula is C10H12N2OS. The molecule has 3 nitrogen and oxygen atoms in total. The summed E-state index contributed by atoms with van der Waals surface area (Å²) in [6.45, 7) is 0. The molecule has 1 atom stereocenters. The smallest absolute Gasteiger partial charge is 0.102 e.